The number of carbonyl (C=O) groups excluding carboxylic acids is 3. The van der Waals surface area contributed by atoms with Crippen molar-refractivity contribution in [3.05, 3.63) is 71.1 Å². The van der Waals surface area contributed by atoms with E-state index in [-0.39, 0.29) is 22.7 Å². The lowest BCUT2D eigenvalue weighted by molar-refractivity contribution is -0.119. The first-order valence-corrected chi connectivity index (χ1v) is 12.4. The number of nitrogens with one attached hydrogen (secondary N) is 1. The Kier molecular flexibility index (Phi) is 8.51. The molecule has 9 heteroatoms. The zero-order valence-electron chi connectivity index (χ0n) is 18.2. The van der Waals surface area contributed by atoms with Crippen molar-refractivity contribution >= 4 is 45.7 Å². The van der Waals surface area contributed by atoms with E-state index < -0.39 is 35.3 Å². The highest BCUT2D eigenvalue weighted by molar-refractivity contribution is 7.85. The number of anilines is 1. The number of hydrogen-bond donors (Lipinski definition) is 1. The number of rotatable bonds is 9. The Morgan fingerprint density at radius 2 is 1.64 bits per heavy atom. The maximum atomic E-state index is 12.5. The van der Waals surface area contributed by atoms with Gasteiger partial charge in [-0.1, -0.05) is 49.4 Å². The summed E-state index contributed by atoms with van der Waals surface area (Å²) >= 11 is 1.20. The summed E-state index contributed by atoms with van der Waals surface area (Å²) in [7, 11) is -1.35. The number of thiophene rings is 1. The third kappa shape index (κ3) is 6.15. The topological polar surface area (TPSA) is 98.8 Å². The molecule has 0 radical (unpaired) electrons. The molecule has 172 valence electrons. The molecule has 0 fully saturated rings. The van der Waals surface area contributed by atoms with Gasteiger partial charge in [0.15, 0.2) is 6.61 Å². The number of amides is 1. The highest BCUT2D eigenvalue weighted by Gasteiger charge is 2.21. The van der Waals surface area contributed by atoms with Crippen molar-refractivity contribution in [1.82, 2.24) is 0 Å². The van der Waals surface area contributed by atoms with E-state index in [0.29, 0.717) is 10.6 Å². The molecule has 1 heterocycles. The van der Waals surface area contributed by atoms with Gasteiger partial charge in [-0.3, -0.25) is 9.00 Å². The van der Waals surface area contributed by atoms with E-state index in [1.54, 1.807) is 38.1 Å². The lowest BCUT2D eigenvalue weighted by Gasteiger charge is -2.09. The van der Waals surface area contributed by atoms with Crippen LogP contribution in [0.1, 0.15) is 33.9 Å². The smallest absolute Gasteiger partial charge is 0.350 e. The molecule has 0 saturated carbocycles. The van der Waals surface area contributed by atoms with Crippen LogP contribution in [-0.4, -0.2) is 41.0 Å². The number of esters is 2. The van der Waals surface area contributed by atoms with Gasteiger partial charge >= 0.3 is 11.9 Å². The number of hydrogen-bond acceptors (Lipinski definition) is 7. The molecular weight excluding hydrogens is 462 g/mol. The van der Waals surface area contributed by atoms with Gasteiger partial charge in [0.25, 0.3) is 5.91 Å². The summed E-state index contributed by atoms with van der Waals surface area (Å²) in [5.41, 5.74) is 1.32. The fourth-order valence-corrected chi connectivity index (χ4v) is 4.91. The number of benzene rings is 2. The first-order valence-electron chi connectivity index (χ1n) is 10.2. The minimum absolute atomic E-state index is 0.152. The lowest BCUT2D eigenvalue weighted by Crippen LogP contribution is -2.22. The summed E-state index contributed by atoms with van der Waals surface area (Å²) in [5.74, 6) is -1.56. The van der Waals surface area contributed by atoms with Gasteiger partial charge in [0.05, 0.1) is 33.6 Å². The zero-order valence-corrected chi connectivity index (χ0v) is 19.8. The maximum Gasteiger partial charge on any atom is 0.350 e. The molecule has 0 aliphatic heterocycles. The van der Waals surface area contributed by atoms with E-state index in [2.05, 4.69) is 5.32 Å². The fourth-order valence-electron chi connectivity index (χ4n) is 2.96. The molecule has 0 aliphatic rings. The van der Waals surface area contributed by atoms with Gasteiger partial charge in [0.1, 0.15) is 4.88 Å². The van der Waals surface area contributed by atoms with Crippen LogP contribution in [0.4, 0.5) is 5.69 Å². The Bertz CT molecular complexity index is 1170. The Morgan fingerprint density at radius 3 is 2.33 bits per heavy atom. The summed E-state index contributed by atoms with van der Waals surface area (Å²) in [6.45, 7) is 3.08. The summed E-state index contributed by atoms with van der Waals surface area (Å²) in [6, 6.07) is 17.5. The van der Waals surface area contributed by atoms with E-state index in [1.165, 1.54) is 17.4 Å². The number of carbonyl (C=O) groups is 3. The standard InChI is InChI=1S/C24H23NO6S2/c1-3-30-24(28)22-18(14-19(32-22)16-10-6-5-7-11-16)25-21(26)15-31-23(27)17-12-8-9-13-20(17)33(29)4-2/h5-14H,3-4,15H2,1-2H3,(H,25,26)/t33-/m1/s1. The van der Waals surface area contributed by atoms with Gasteiger partial charge in [0.2, 0.25) is 0 Å². The third-order valence-electron chi connectivity index (χ3n) is 4.47. The molecule has 1 amide bonds. The largest absolute Gasteiger partial charge is 0.462 e. The molecule has 33 heavy (non-hydrogen) atoms. The van der Waals surface area contributed by atoms with E-state index in [0.717, 1.165) is 10.4 Å². The first kappa shape index (κ1) is 24.3. The Morgan fingerprint density at radius 1 is 0.939 bits per heavy atom. The summed E-state index contributed by atoms with van der Waals surface area (Å²) in [4.78, 5) is 38.8. The molecule has 1 N–H and O–H groups in total. The second kappa shape index (κ2) is 11.5. The van der Waals surface area contributed by atoms with E-state index in [1.807, 2.05) is 30.3 Å². The molecule has 1 atom stereocenters. The molecule has 0 spiro atoms. The first-order chi connectivity index (χ1) is 15.9. The fraction of sp³-hybridized carbons (Fsp3) is 0.208. The average molecular weight is 486 g/mol. The van der Waals surface area contributed by atoms with Gasteiger partial charge in [-0.05, 0) is 30.7 Å². The third-order valence-corrected chi connectivity index (χ3v) is 7.01. The van der Waals surface area contributed by atoms with Crippen molar-refractivity contribution in [1.29, 1.82) is 0 Å². The summed E-state index contributed by atoms with van der Waals surface area (Å²) in [6.07, 6.45) is 0. The van der Waals surface area contributed by atoms with Crippen LogP contribution in [0.25, 0.3) is 10.4 Å². The second-order valence-electron chi connectivity index (χ2n) is 6.69. The van der Waals surface area contributed by atoms with E-state index in [4.69, 9.17) is 9.47 Å². The SMILES string of the molecule is CCOC(=O)c1sc(-c2ccccc2)cc1NC(=O)COC(=O)c1ccccc1[S@](=O)CC. The van der Waals surface area contributed by atoms with Crippen molar-refractivity contribution in [3.63, 3.8) is 0 Å². The minimum atomic E-state index is -1.35. The van der Waals surface area contributed by atoms with E-state index in [9.17, 15) is 18.6 Å². The highest BCUT2D eigenvalue weighted by Crippen LogP contribution is 2.35. The molecule has 0 bridgehead atoms. The molecule has 7 nitrogen and oxygen atoms in total. The van der Waals surface area contributed by atoms with Gasteiger partial charge in [-0.25, -0.2) is 9.59 Å². The Balaban J connectivity index is 1.74. The normalized spacial score (nSPS) is 11.5. The molecule has 3 rings (SSSR count). The predicted octanol–water partition coefficient (Wildman–Crippen LogP) is 4.51. The van der Waals surface area contributed by atoms with Crippen LogP contribution in [0.15, 0.2) is 65.6 Å². The van der Waals surface area contributed by atoms with Crippen LogP contribution in [0.5, 0.6) is 0 Å². The summed E-state index contributed by atoms with van der Waals surface area (Å²) in [5, 5.41) is 2.63. The average Bonchev–Trinajstić information content (AvgIpc) is 3.26. The van der Waals surface area contributed by atoms with Crippen molar-refractivity contribution in [2.45, 2.75) is 18.7 Å². The van der Waals surface area contributed by atoms with Crippen LogP contribution >= 0.6 is 11.3 Å². The van der Waals surface area contributed by atoms with Crippen LogP contribution < -0.4 is 5.32 Å². The van der Waals surface area contributed by atoms with Crippen molar-refractivity contribution in [2.75, 3.05) is 24.3 Å². The molecule has 1 aromatic heterocycles. The van der Waals surface area contributed by atoms with Crippen LogP contribution in [0, 0.1) is 0 Å². The molecular formula is C24H23NO6S2. The monoisotopic (exact) mass is 485 g/mol. The highest BCUT2D eigenvalue weighted by atomic mass is 32.2. The van der Waals surface area contributed by atoms with Gasteiger partial charge in [0, 0.05) is 10.6 Å². The van der Waals surface area contributed by atoms with Gasteiger partial charge < -0.3 is 14.8 Å². The molecule has 0 saturated heterocycles. The minimum Gasteiger partial charge on any atom is -0.462 e. The summed E-state index contributed by atoms with van der Waals surface area (Å²) < 4.78 is 22.4. The molecule has 0 aliphatic carbocycles. The molecule has 3 aromatic rings. The zero-order chi connectivity index (χ0) is 23.8. The second-order valence-corrected chi connectivity index (χ2v) is 9.46. The lowest BCUT2D eigenvalue weighted by atomic mass is 10.2. The van der Waals surface area contributed by atoms with Crippen molar-refractivity contribution in [3.8, 4) is 10.4 Å². The van der Waals surface area contributed by atoms with Gasteiger partial charge in [-0.2, -0.15) is 0 Å². The van der Waals surface area contributed by atoms with Crippen LogP contribution in [0.3, 0.4) is 0 Å². The Hall–Kier alpha value is -3.30. The van der Waals surface area contributed by atoms with Crippen molar-refractivity contribution in [2.24, 2.45) is 0 Å². The van der Waals surface area contributed by atoms with Crippen LogP contribution in [0.2, 0.25) is 0 Å². The quantitative estimate of drug-likeness (QED) is 0.448. The Labute approximate surface area is 198 Å². The van der Waals surface area contributed by atoms with Gasteiger partial charge in [-0.15, -0.1) is 11.3 Å². The molecule has 2 aromatic carbocycles. The van der Waals surface area contributed by atoms with Crippen molar-refractivity contribution < 1.29 is 28.1 Å². The molecule has 0 unspecified atom stereocenters. The maximum absolute atomic E-state index is 12.5. The van der Waals surface area contributed by atoms with E-state index >= 15 is 0 Å². The number of ether oxygens (including phenoxy) is 2. The van der Waals surface area contributed by atoms with Crippen LogP contribution in [-0.2, 0) is 25.1 Å². The predicted molar refractivity (Wildman–Crippen MR) is 128 cm³/mol.